The van der Waals surface area contributed by atoms with Crippen LogP contribution in [0.2, 0.25) is 0 Å². The van der Waals surface area contributed by atoms with Gasteiger partial charge < -0.3 is 0 Å². The van der Waals surface area contributed by atoms with Crippen molar-refractivity contribution in [2.45, 2.75) is 6.18 Å². The molecular formula is C10H4ClF4NO. The molecule has 0 bridgehead atoms. The summed E-state index contributed by atoms with van der Waals surface area (Å²) in [7, 11) is 0. The van der Waals surface area contributed by atoms with E-state index in [-0.39, 0.29) is 0 Å². The van der Waals surface area contributed by atoms with Crippen molar-refractivity contribution >= 4 is 17.4 Å². The van der Waals surface area contributed by atoms with Crippen LogP contribution in [0.4, 0.5) is 17.6 Å². The third-order valence-electron chi connectivity index (χ3n) is 1.95. The Morgan fingerprint density at radius 2 is 2.00 bits per heavy atom. The summed E-state index contributed by atoms with van der Waals surface area (Å²) in [6, 6.07) is 2.09. The second kappa shape index (κ2) is 4.72. The second-order valence-corrected chi connectivity index (χ2v) is 3.31. The quantitative estimate of drug-likeness (QED) is 0.468. The second-order valence-electron chi connectivity index (χ2n) is 3.04. The maximum Gasteiger partial charge on any atom is 0.419 e. The SMILES string of the molecule is N#Cc1cc(C(F)(F)F)c(F)cc1C(=O)CCl. The number of hydrogen-bond acceptors (Lipinski definition) is 2. The van der Waals surface area contributed by atoms with E-state index in [1.165, 1.54) is 6.07 Å². The summed E-state index contributed by atoms with van der Waals surface area (Å²) in [6.07, 6.45) is -4.92. The van der Waals surface area contributed by atoms with Crippen LogP contribution in [0.25, 0.3) is 0 Å². The van der Waals surface area contributed by atoms with Crippen molar-refractivity contribution in [2.24, 2.45) is 0 Å². The lowest BCUT2D eigenvalue weighted by atomic mass is 10.0. The average molecular weight is 266 g/mol. The van der Waals surface area contributed by atoms with Crippen LogP contribution in [0.1, 0.15) is 21.5 Å². The Morgan fingerprint density at radius 1 is 1.41 bits per heavy atom. The molecule has 90 valence electrons. The molecule has 0 aliphatic rings. The largest absolute Gasteiger partial charge is 0.419 e. The summed E-state index contributed by atoms with van der Waals surface area (Å²) < 4.78 is 50.1. The molecule has 0 atom stereocenters. The summed E-state index contributed by atoms with van der Waals surface area (Å²) >= 11 is 5.19. The van der Waals surface area contributed by atoms with Crippen LogP contribution in [0.5, 0.6) is 0 Å². The van der Waals surface area contributed by atoms with E-state index < -0.39 is 40.3 Å². The first kappa shape index (κ1) is 13.5. The fraction of sp³-hybridized carbons (Fsp3) is 0.200. The first-order valence-corrected chi connectivity index (χ1v) is 4.74. The van der Waals surface area contributed by atoms with E-state index in [2.05, 4.69) is 0 Å². The van der Waals surface area contributed by atoms with E-state index in [0.29, 0.717) is 12.1 Å². The number of carbonyl (C=O) groups excluding carboxylic acids is 1. The lowest BCUT2D eigenvalue weighted by Gasteiger charge is -2.10. The van der Waals surface area contributed by atoms with Gasteiger partial charge in [-0.25, -0.2) is 4.39 Å². The van der Waals surface area contributed by atoms with Crippen LogP contribution in [0.15, 0.2) is 12.1 Å². The molecular weight excluding hydrogens is 262 g/mol. The van der Waals surface area contributed by atoms with Gasteiger partial charge in [0.15, 0.2) is 5.78 Å². The maximum atomic E-state index is 13.1. The van der Waals surface area contributed by atoms with Crippen LogP contribution in [-0.4, -0.2) is 11.7 Å². The molecule has 1 aromatic carbocycles. The Morgan fingerprint density at radius 3 is 2.41 bits per heavy atom. The number of carbonyl (C=O) groups is 1. The van der Waals surface area contributed by atoms with Gasteiger partial charge in [0.25, 0.3) is 0 Å². The first-order valence-electron chi connectivity index (χ1n) is 4.21. The molecule has 0 spiro atoms. The molecule has 1 rings (SSSR count). The number of alkyl halides is 4. The van der Waals surface area contributed by atoms with E-state index in [0.717, 1.165) is 0 Å². The van der Waals surface area contributed by atoms with Crippen molar-refractivity contribution in [1.29, 1.82) is 5.26 Å². The van der Waals surface area contributed by atoms with Crippen molar-refractivity contribution in [1.82, 2.24) is 0 Å². The number of nitriles is 1. The Labute approximate surface area is 98.4 Å². The number of Topliss-reactive ketones (excluding diaryl/α,β-unsaturated/α-hetero) is 1. The molecule has 0 aliphatic heterocycles. The highest BCUT2D eigenvalue weighted by Crippen LogP contribution is 2.33. The molecule has 0 N–H and O–H groups in total. The van der Waals surface area contributed by atoms with Gasteiger partial charge in [0, 0.05) is 5.56 Å². The molecule has 7 heteroatoms. The lowest BCUT2D eigenvalue weighted by Crippen LogP contribution is -2.12. The number of halogens is 5. The van der Waals surface area contributed by atoms with E-state index >= 15 is 0 Å². The predicted molar refractivity (Wildman–Crippen MR) is 51.2 cm³/mol. The van der Waals surface area contributed by atoms with Gasteiger partial charge in [0.1, 0.15) is 5.82 Å². The van der Waals surface area contributed by atoms with Gasteiger partial charge >= 0.3 is 6.18 Å². The summed E-state index contributed by atoms with van der Waals surface area (Å²) in [5.74, 6) is -2.96. The van der Waals surface area contributed by atoms with Gasteiger partial charge in [-0.1, -0.05) is 0 Å². The Bertz CT molecular complexity index is 504. The normalized spacial score (nSPS) is 11.1. The molecule has 2 nitrogen and oxygen atoms in total. The number of benzene rings is 1. The van der Waals surface area contributed by atoms with Crippen LogP contribution in [0, 0.1) is 17.1 Å². The van der Waals surface area contributed by atoms with Crippen molar-refractivity contribution in [3.63, 3.8) is 0 Å². The summed E-state index contributed by atoms with van der Waals surface area (Å²) in [5.41, 5.74) is -2.59. The third-order valence-corrected chi connectivity index (χ3v) is 2.20. The monoisotopic (exact) mass is 265 g/mol. The zero-order chi connectivity index (χ0) is 13.2. The highest BCUT2D eigenvalue weighted by Gasteiger charge is 2.35. The number of nitrogens with zero attached hydrogens (tertiary/aromatic N) is 1. The summed E-state index contributed by atoms with van der Waals surface area (Å²) in [6.45, 7) is 0. The number of rotatable bonds is 2. The van der Waals surface area contributed by atoms with Crippen LogP contribution in [-0.2, 0) is 6.18 Å². The van der Waals surface area contributed by atoms with Crippen molar-refractivity contribution in [3.8, 4) is 6.07 Å². The minimum atomic E-state index is -4.92. The molecule has 0 heterocycles. The summed E-state index contributed by atoms with van der Waals surface area (Å²) in [4.78, 5) is 11.2. The molecule has 0 amide bonds. The molecule has 0 aliphatic carbocycles. The van der Waals surface area contributed by atoms with Gasteiger partial charge in [0.2, 0.25) is 0 Å². The molecule has 0 unspecified atom stereocenters. The smallest absolute Gasteiger partial charge is 0.293 e. The molecule has 17 heavy (non-hydrogen) atoms. The van der Waals surface area contributed by atoms with Gasteiger partial charge in [-0.3, -0.25) is 4.79 Å². The van der Waals surface area contributed by atoms with Crippen molar-refractivity contribution in [3.05, 3.63) is 34.6 Å². The lowest BCUT2D eigenvalue weighted by molar-refractivity contribution is -0.140. The topological polar surface area (TPSA) is 40.9 Å². The van der Waals surface area contributed by atoms with E-state index in [1.54, 1.807) is 0 Å². The Balaban J connectivity index is 3.47. The van der Waals surface area contributed by atoms with Gasteiger partial charge in [-0.15, -0.1) is 11.6 Å². The van der Waals surface area contributed by atoms with Gasteiger partial charge in [-0.05, 0) is 12.1 Å². The van der Waals surface area contributed by atoms with Crippen molar-refractivity contribution in [2.75, 3.05) is 5.88 Å². The highest BCUT2D eigenvalue weighted by atomic mass is 35.5. The molecule has 1 aromatic rings. The van der Waals surface area contributed by atoms with Gasteiger partial charge in [0.05, 0.1) is 23.1 Å². The molecule has 0 aromatic heterocycles. The van der Waals surface area contributed by atoms with E-state index in [1.807, 2.05) is 0 Å². The fourth-order valence-corrected chi connectivity index (χ4v) is 1.33. The average Bonchev–Trinajstić information content (AvgIpc) is 2.26. The highest BCUT2D eigenvalue weighted by molar-refractivity contribution is 6.30. The minimum Gasteiger partial charge on any atom is -0.293 e. The molecule has 0 saturated carbocycles. The predicted octanol–water partition coefficient (Wildman–Crippen LogP) is 3.14. The first-order chi connectivity index (χ1) is 7.81. The Kier molecular flexibility index (Phi) is 3.73. The van der Waals surface area contributed by atoms with Crippen LogP contribution < -0.4 is 0 Å². The zero-order valence-electron chi connectivity index (χ0n) is 8.11. The standard InChI is InChI=1S/C10H4ClF4NO/c11-3-9(17)6-2-8(12)7(10(13,14)15)1-5(6)4-16/h1-2H,3H2. The molecule has 0 fully saturated rings. The zero-order valence-corrected chi connectivity index (χ0v) is 8.86. The van der Waals surface area contributed by atoms with E-state index in [9.17, 15) is 22.4 Å². The summed E-state index contributed by atoms with van der Waals surface area (Å²) in [5, 5.41) is 8.61. The maximum absolute atomic E-state index is 13.1. The Hall–Kier alpha value is -1.61. The fourth-order valence-electron chi connectivity index (χ4n) is 1.19. The number of ketones is 1. The van der Waals surface area contributed by atoms with Gasteiger partial charge in [-0.2, -0.15) is 18.4 Å². The molecule has 0 saturated heterocycles. The van der Waals surface area contributed by atoms with Crippen LogP contribution >= 0.6 is 11.6 Å². The minimum absolute atomic E-state index is 0.301. The third kappa shape index (κ3) is 2.74. The van der Waals surface area contributed by atoms with Crippen LogP contribution in [0.3, 0.4) is 0 Å². The van der Waals surface area contributed by atoms with Crippen molar-refractivity contribution < 1.29 is 22.4 Å². The number of hydrogen-bond donors (Lipinski definition) is 0. The molecule has 0 radical (unpaired) electrons. The van der Waals surface area contributed by atoms with E-state index in [4.69, 9.17) is 16.9 Å².